The lowest BCUT2D eigenvalue weighted by Gasteiger charge is -2.12. The minimum absolute atomic E-state index is 0. The van der Waals surface area contributed by atoms with Crippen LogP contribution in [0.4, 0.5) is 8.78 Å². The number of alkyl halides is 2. The minimum Gasteiger partial charge on any atom is -0.434 e. The van der Waals surface area contributed by atoms with Crippen LogP contribution < -0.4 is 15.4 Å². The van der Waals surface area contributed by atoms with Crippen LogP contribution in [0.5, 0.6) is 5.75 Å². The van der Waals surface area contributed by atoms with Gasteiger partial charge in [-0.15, -0.1) is 24.0 Å². The Morgan fingerprint density at radius 2 is 1.90 bits per heavy atom. The van der Waals surface area contributed by atoms with Gasteiger partial charge in [0.05, 0.1) is 6.54 Å². The summed E-state index contributed by atoms with van der Waals surface area (Å²) >= 11 is 5.87. The Hall–Kier alpha value is -0.830. The molecule has 0 aliphatic rings. The number of guanidine groups is 1. The molecule has 120 valence electrons. The zero-order valence-corrected chi connectivity index (χ0v) is 14.9. The van der Waals surface area contributed by atoms with Crippen molar-refractivity contribution < 1.29 is 13.5 Å². The summed E-state index contributed by atoms with van der Waals surface area (Å²) in [4.78, 5) is 4.29. The van der Waals surface area contributed by atoms with Gasteiger partial charge in [0.15, 0.2) is 5.96 Å². The third-order valence-electron chi connectivity index (χ3n) is 2.33. The van der Waals surface area contributed by atoms with Gasteiger partial charge in [-0.3, -0.25) is 0 Å². The molecule has 0 aromatic heterocycles. The van der Waals surface area contributed by atoms with Gasteiger partial charge in [-0.2, -0.15) is 8.78 Å². The fourth-order valence-corrected chi connectivity index (χ4v) is 1.75. The highest BCUT2D eigenvalue weighted by Crippen LogP contribution is 2.25. The van der Waals surface area contributed by atoms with Gasteiger partial charge in [-0.25, -0.2) is 4.99 Å². The Morgan fingerprint density at radius 3 is 2.43 bits per heavy atom. The highest BCUT2D eigenvalue weighted by atomic mass is 127. The first-order valence-electron chi connectivity index (χ1n) is 6.32. The van der Waals surface area contributed by atoms with Crippen LogP contribution in [0.3, 0.4) is 0 Å². The van der Waals surface area contributed by atoms with Crippen molar-refractivity contribution >= 4 is 41.5 Å². The van der Waals surface area contributed by atoms with Gasteiger partial charge >= 0.3 is 6.61 Å². The van der Waals surface area contributed by atoms with Gasteiger partial charge in [-0.05, 0) is 32.0 Å². The fraction of sp³-hybridized carbons (Fsp3) is 0.462. The molecular weight excluding hydrogens is 415 g/mol. The molecule has 0 radical (unpaired) electrons. The normalized spacial score (nSPS) is 9.81. The van der Waals surface area contributed by atoms with Crippen LogP contribution in [0.1, 0.15) is 19.4 Å². The quantitative estimate of drug-likeness (QED) is 0.409. The predicted molar refractivity (Wildman–Crippen MR) is 92.0 cm³/mol. The van der Waals surface area contributed by atoms with E-state index < -0.39 is 6.61 Å². The average molecular weight is 434 g/mol. The van der Waals surface area contributed by atoms with Crippen LogP contribution in [0, 0.1) is 0 Å². The molecule has 0 amide bonds. The molecule has 1 aromatic carbocycles. The SMILES string of the molecule is CCNC(=NCc1cc(Cl)ccc1OC(F)F)NCC.I. The molecule has 4 nitrogen and oxygen atoms in total. The first-order valence-corrected chi connectivity index (χ1v) is 6.70. The number of hydrogen-bond acceptors (Lipinski definition) is 2. The Labute approximate surface area is 145 Å². The Bertz CT molecular complexity index is 453. The van der Waals surface area contributed by atoms with Crippen molar-refractivity contribution in [1.82, 2.24) is 10.6 Å². The molecule has 1 rings (SSSR count). The average Bonchev–Trinajstić information content (AvgIpc) is 2.39. The lowest BCUT2D eigenvalue weighted by atomic mass is 10.2. The molecule has 0 aliphatic heterocycles. The zero-order valence-electron chi connectivity index (χ0n) is 11.8. The smallest absolute Gasteiger partial charge is 0.387 e. The van der Waals surface area contributed by atoms with E-state index in [4.69, 9.17) is 11.6 Å². The molecule has 0 fully saturated rings. The van der Waals surface area contributed by atoms with Crippen molar-refractivity contribution in [3.05, 3.63) is 28.8 Å². The second-order valence-corrected chi connectivity index (χ2v) is 4.29. The van der Waals surface area contributed by atoms with Gasteiger partial charge in [0.2, 0.25) is 0 Å². The van der Waals surface area contributed by atoms with Crippen molar-refractivity contribution in [2.45, 2.75) is 27.0 Å². The maximum atomic E-state index is 12.3. The predicted octanol–water partition coefficient (Wildman–Crippen LogP) is 3.63. The van der Waals surface area contributed by atoms with Gasteiger partial charge in [0.25, 0.3) is 0 Å². The lowest BCUT2D eigenvalue weighted by molar-refractivity contribution is -0.0504. The van der Waals surface area contributed by atoms with E-state index in [0.717, 1.165) is 0 Å². The van der Waals surface area contributed by atoms with E-state index in [1.165, 1.54) is 12.1 Å². The third kappa shape index (κ3) is 7.66. The van der Waals surface area contributed by atoms with Gasteiger partial charge in [-0.1, -0.05) is 11.6 Å². The van der Waals surface area contributed by atoms with E-state index >= 15 is 0 Å². The van der Waals surface area contributed by atoms with Crippen LogP contribution in [-0.2, 0) is 6.54 Å². The molecule has 2 N–H and O–H groups in total. The third-order valence-corrected chi connectivity index (χ3v) is 2.57. The van der Waals surface area contributed by atoms with E-state index in [1.54, 1.807) is 6.07 Å². The van der Waals surface area contributed by atoms with Crippen molar-refractivity contribution in [3.8, 4) is 5.75 Å². The molecule has 0 saturated carbocycles. The molecule has 0 spiro atoms. The summed E-state index contributed by atoms with van der Waals surface area (Å²) < 4.78 is 29.1. The second kappa shape index (κ2) is 10.8. The van der Waals surface area contributed by atoms with Crippen molar-refractivity contribution in [1.29, 1.82) is 0 Å². The first-order chi connectivity index (χ1) is 9.56. The summed E-state index contributed by atoms with van der Waals surface area (Å²) in [5, 5.41) is 6.54. The largest absolute Gasteiger partial charge is 0.434 e. The van der Waals surface area contributed by atoms with Crippen molar-refractivity contribution in [2.24, 2.45) is 4.99 Å². The van der Waals surface area contributed by atoms with Gasteiger partial charge < -0.3 is 15.4 Å². The Balaban J connectivity index is 0.00000400. The number of ether oxygens (including phenoxy) is 1. The van der Waals surface area contributed by atoms with E-state index in [0.29, 0.717) is 29.6 Å². The minimum atomic E-state index is -2.87. The second-order valence-electron chi connectivity index (χ2n) is 3.86. The van der Waals surface area contributed by atoms with Crippen molar-refractivity contribution in [2.75, 3.05) is 13.1 Å². The van der Waals surface area contributed by atoms with Gasteiger partial charge in [0.1, 0.15) is 5.75 Å². The van der Waals surface area contributed by atoms with Crippen LogP contribution >= 0.6 is 35.6 Å². The summed E-state index contributed by atoms with van der Waals surface area (Å²) in [5.74, 6) is 0.693. The molecule has 0 bridgehead atoms. The molecule has 8 heteroatoms. The van der Waals surface area contributed by atoms with E-state index in [-0.39, 0.29) is 36.3 Å². The highest BCUT2D eigenvalue weighted by molar-refractivity contribution is 14.0. The summed E-state index contributed by atoms with van der Waals surface area (Å²) in [6.45, 7) is 2.62. The molecule has 21 heavy (non-hydrogen) atoms. The summed E-state index contributed by atoms with van der Waals surface area (Å²) in [6, 6.07) is 4.49. The lowest BCUT2D eigenvalue weighted by Crippen LogP contribution is -2.36. The number of hydrogen-bond donors (Lipinski definition) is 2. The Morgan fingerprint density at radius 1 is 1.29 bits per heavy atom. The number of rotatable bonds is 6. The molecular formula is C13H19ClF2IN3O. The number of halogens is 4. The topological polar surface area (TPSA) is 45.7 Å². The van der Waals surface area contributed by atoms with Crippen molar-refractivity contribution in [3.63, 3.8) is 0 Å². The van der Waals surface area contributed by atoms with Crippen LogP contribution in [0.15, 0.2) is 23.2 Å². The molecule has 0 heterocycles. The van der Waals surface area contributed by atoms with Crippen LogP contribution in [0.25, 0.3) is 0 Å². The van der Waals surface area contributed by atoms with Crippen LogP contribution in [0.2, 0.25) is 5.02 Å². The zero-order chi connectivity index (χ0) is 15.0. The summed E-state index contributed by atoms with van der Waals surface area (Å²) in [5.41, 5.74) is 0.506. The summed E-state index contributed by atoms with van der Waals surface area (Å²) in [6.07, 6.45) is 0. The van der Waals surface area contributed by atoms with E-state index in [9.17, 15) is 8.78 Å². The first kappa shape index (κ1) is 20.2. The monoisotopic (exact) mass is 433 g/mol. The molecule has 0 aliphatic carbocycles. The van der Waals surface area contributed by atoms with E-state index in [1.807, 2.05) is 13.8 Å². The summed E-state index contributed by atoms with van der Waals surface area (Å²) in [7, 11) is 0. The van der Waals surface area contributed by atoms with Crippen LogP contribution in [-0.4, -0.2) is 25.7 Å². The molecule has 0 saturated heterocycles. The Kier molecular flexibility index (Phi) is 10.4. The highest BCUT2D eigenvalue weighted by Gasteiger charge is 2.10. The number of aliphatic imine (C=N–C) groups is 1. The molecule has 1 aromatic rings. The maximum absolute atomic E-state index is 12.3. The number of nitrogens with one attached hydrogen (secondary N) is 2. The standard InChI is InChI=1S/C13H18ClF2N3O.HI/c1-3-17-13(18-4-2)19-8-9-7-10(14)5-6-11(9)20-12(15)16;/h5-7,12H,3-4,8H2,1-2H3,(H2,17,18,19);1H. The molecule has 0 unspecified atom stereocenters. The fourth-order valence-electron chi connectivity index (χ4n) is 1.56. The number of benzene rings is 1. The molecule has 0 atom stereocenters. The maximum Gasteiger partial charge on any atom is 0.387 e. The van der Waals surface area contributed by atoms with E-state index in [2.05, 4.69) is 20.4 Å². The van der Waals surface area contributed by atoms with Gasteiger partial charge in [0, 0.05) is 23.7 Å². The number of nitrogens with zero attached hydrogens (tertiary/aromatic N) is 1.